The van der Waals surface area contributed by atoms with Crippen molar-refractivity contribution >= 4 is 23.4 Å². The lowest BCUT2D eigenvalue weighted by Crippen LogP contribution is -2.40. The van der Waals surface area contributed by atoms with Crippen LogP contribution < -0.4 is 10.1 Å². The Hall–Kier alpha value is -2.53. The number of ether oxygens (including phenoxy) is 1. The minimum Gasteiger partial charge on any atom is -0.497 e. The summed E-state index contributed by atoms with van der Waals surface area (Å²) in [5, 5.41) is 3.41. The first-order chi connectivity index (χ1) is 12.5. The maximum absolute atomic E-state index is 12.2. The quantitative estimate of drug-likeness (QED) is 0.772. The van der Waals surface area contributed by atoms with Crippen LogP contribution in [0.4, 0.5) is 0 Å². The van der Waals surface area contributed by atoms with E-state index >= 15 is 0 Å². The van der Waals surface area contributed by atoms with Gasteiger partial charge in [-0.05, 0) is 35.7 Å². The zero-order valence-electron chi connectivity index (χ0n) is 15.0. The second-order valence-corrected chi connectivity index (χ2v) is 6.31. The molecule has 1 N–H and O–H groups in total. The molecule has 0 heterocycles. The Morgan fingerprint density at radius 1 is 1.12 bits per heavy atom. The number of carbonyl (C=O) groups excluding carboxylic acids is 2. The third-order valence-electron chi connectivity index (χ3n) is 4.04. The summed E-state index contributed by atoms with van der Waals surface area (Å²) in [6.45, 7) is 2.30. The van der Waals surface area contributed by atoms with Gasteiger partial charge in [-0.1, -0.05) is 41.9 Å². The fraction of sp³-hybridized carbons (Fsp3) is 0.300. The van der Waals surface area contributed by atoms with Crippen LogP contribution in [-0.4, -0.2) is 36.9 Å². The first-order valence-electron chi connectivity index (χ1n) is 8.38. The molecule has 0 aliphatic rings. The lowest BCUT2D eigenvalue weighted by Gasteiger charge is -2.20. The van der Waals surface area contributed by atoms with Crippen molar-refractivity contribution in [2.75, 3.05) is 20.2 Å². The fourth-order valence-corrected chi connectivity index (χ4v) is 2.67. The Bertz CT molecular complexity index is 747. The molecule has 0 aliphatic carbocycles. The average molecular weight is 375 g/mol. The molecule has 0 aliphatic heterocycles. The average Bonchev–Trinajstić information content (AvgIpc) is 2.64. The van der Waals surface area contributed by atoms with E-state index in [0.29, 0.717) is 24.5 Å². The Balaban J connectivity index is 1.85. The van der Waals surface area contributed by atoms with E-state index < -0.39 is 0 Å². The first kappa shape index (κ1) is 19.8. The van der Waals surface area contributed by atoms with Gasteiger partial charge in [-0.2, -0.15) is 0 Å². The van der Waals surface area contributed by atoms with E-state index in [0.717, 1.165) is 16.9 Å². The normalized spacial score (nSPS) is 10.3. The van der Waals surface area contributed by atoms with Gasteiger partial charge in [0.15, 0.2) is 0 Å². The molecule has 0 atom stereocenters. The number of hydrogen-bond donors (Lipinski definition) is 1. The molecule has 2 rings (SSSR count). The van der Waals surface area contributed by atoms with E-state index in [1.807, 2.05) is 42.5 Å². The number of benzene rings is 2. The van der Waals surface area contributed by atoms with Crippen molar-refractivity contribution in [3.8, 4) is 5.75 Å². The third kappa shape index (κ3) is 6.08. The van der Waals surface area contributed by atoms with Crippen LogP contribution in [0.15, 0.2) is 48.5 Å². The minimum absolute atomic E-state index is 0.0238. The van der Waals surface area contributed by atoms with E-state index in [-0.39, 0.29) is 18.4 Å². The Morgan fingerprint density at radius 2 is 1.81 bits per heavy atom. The van der Waals surface area contributed by atoms with Gasteiger partial charge in [0.05, 0.1) is 13.7 Å². The summed E-state index contributed by atoms with van der Waals surface area (Å²) in [5.74, 6) is 0.442. The smallest absolute Gasteiger partial charge is 0.239 e. The molecule has 0 saturated carbocycles. The highest BCUT2D eigenvalue weighted by Crippen LogP contribution is 2.14. The molecule has 0 spiro atoms. The van der Waals surface area contributed by atoms with Gasteiger partial charge in [0, 0.05) is 25.0 Å². The zero-order chi connectivity index (χ0) is 18.9. The lowest BCUT2D eigenvalue weighted by molar-refractivity contribution is -0.134. The molecule has 26 heavy (non-hydrogen) atoms. The van der Waals surface area contributed by atoms with Crippen LogP contribution in [0, 0.1) is 0 Å². The maximum Gasteiger partial charge on any atom is 0.239 e. The number of carbonyl (C=O) groups is 2. The van der Waals surface area contributed by atoms with Gasteiger partial charge in [0.25, 0.3) is 0 Å². The lowest BCUT2D eigenvalue weighted by atomic mass is 10.1. The molecular formula is C20H23ClN2O3. The van der Waals surface area contributed by atoms with Crippen molar-refractivity contribution < 1.29 is 14.3 Å². The molecule has 0 radical (unpaired) electrons. The predicted octanol–water partition coefficient (Wildman–Crippen LogP) is 3.06. The Morgan fingerprint density at radius 3 is 2.42 bits per heavy atom. The van der Waals surface area contributed by atoms with Crippen LogP contribution in [0.5, 0.6) is 5.75 Å². The number of halogens is 1. The summed E-state index contributed by atoms with van der Waals surface area (Å²) in [5.41, 5.74) is 1.92. The summed E-state index contributed by atoms with van der Waals surface area (Å²) in [4.78, 5) is 25.5. The van der Waals surface area contributed by atoms with Crippen LogP contribution in [-0.2, 0) is 22.6 Å². The van der Waals surface area contributed by atoms with Crippen molar-refractivity contribution in [2.24, 2.45) is 0 Å². The topological polar surface area (TPSA) is 58.6 Å². The number of methoxy groups -OCH3 is 1. The van der Waals surface area contributed by atoms with Crippen LogP contribution in [0.3, 0.4) is 0 Å². The highest BCUT2D eigenvalue weighted by molar-refractivity contribution is 6.31. The summed E-state index contributed by atoms with van der Waals surface area (Å²) < 4.78 is 5.13. The number of amides is 2. The van der Waals surface area contributed by atoms with Gasteiger partial charge in [-0.25, -0.2) is 0 Å². The number of rotatable bonds is 8. The third-order valence-corrected chi connectivity index (χ3v) is 4.41. The summed E-state index contributed by atoms with van der Waals surface area (Å²) in [7, 11) is 1.62. The van der Waals surface area contributed by atoms with Crippen molar-refractivity contribution in [1.82, 2.24) is 10.2 Å². The monoisotopic (exact) mass is 374 g/mol. The van der Waals surface area contributed by atoms with E-state index in [9.17, 15) is 9.59 Å². The molecule has 2 amide bonds. The highest BCUT2D eigenvalue weighted by atomic mass is 35.5. The predicted molar refractivity (Wildman–Crippen MR) is 102 cm³/mol. The van der Waals surface area contributed by atoms with Crippen molar-refractivity contribution in [3.05, 3.63) is 64.7 Å². The Labute approximate surface area is 158 Å². The summed E-state index contributed by atoms with van der Waals surface area (Å²) in [6.07, 6.45) is 0.668. The van der Waals surface area contributed by atoms with Crippen LogP contribution in [0.25, 0.3) is 0 Å². The molecule has 0 fully saturated rings. The molecule has 6 heteroatoms. The van der Waals surface area contributed by atoms with Gasteiger partial charge in [-0.3, -0.25) is 9.59 Å². The number of nitrogens with one attached hydrogen (secondary N) is 1. The van der Waals surface area contributed by atoms with Crippen molar-refractivity contribution in [3.63, 3.8) is 0 Å². The molecule has 5 nitrogen and oxygen atoms in total. The minimum atomic E-state index is -0.213. The van der Waals surface area contributed by atoms with Crippen LogP contribution >= 0.6 is 11.6 Å². The summed E-state index contributed by atoms with van der Waals surface area (Å²) in [6, 6.07) is 15.0. The van der Waals surface area contributed by atoms with E-state index in [1.165, 1.54) is 11.8 Å². The number of hydrogen-bond acceptors (Lipinski definition) is 3. The molecule has 138 valence electrons. The van der Waals surface area contributed by atoms with Gasteiger partial charge < -0.3 is 15.0 Å². The summed E-state index contributed by atoms with van der Waals surface area (Å²) >= 11 is 6.08. The van der Waals surface area contributed by atoms with Gasteiger partial charge >= 0.3 is 0 Å². The molecule has 2 aromatic carbocycles. The van der Waals surface area contributed by atoms with Gasteiger partial charge in [0.1, 0.15) is 5.75 Å². The zero-order valence-corrected chi connectivity index (χ0v) is 15.8. The van der Waals surface area contributed by atoms with Crippen LogP contribution in [0.2, 0.25) is 5.02 Å². The molecule has 2 aromatic rings. The van der Waals surface area contributed by atoms with Gasteiger partial charge in [0.2, 0.25) is 11.8 Å². The molecule has 0 bridgehead atoms. The number of nitrogens with zero attached hydrogens (tertiary/aromatic N) is 1. The standard InChI is InChI=1S/C20H23ClN2O3/c1-15(24)23(12-11-16-7-9-18(26-2)10-8-16)14-20(25)22-13-17-5-3-4-6-19(17)21/h3-10H,11-14H2,1-2H3,(H,22,25). The molecular weight excluding hydrogens is 352 g/mol. The van der Waals surface area contributed by atoms with E-state index in [2.05, 4.69) is 5.32 Å². The largest absolute Gasteiger partial charge is 0.497 e. The Kier molecular flexibility index (Phi) is 7.48. The second-order valence-electron chi connectivity index (χ2n) is 5.91. The van der Waals surface area contributed by atoms with Crippen molar-refractivity contribution in [1.29, 1.82) is 0 Å². The SMILES string of the molecule is COc1ccc(CCN(CC(=O)NCc2ccccc2Cl)C(C)=O)cc1. The van der Waals surface area contributed by atoms with Crippen LogP contribution in [0.1, 0.15) is 18.1 Å². The molecule has 0 unspecified atom stereocenters. The van der Waals surface area contributed by atoms with Crippen molar-refractivity contribution in [2.45, 2.75) is 19.9 Å². The highest BCUT2D eigenvalue weighted by Gasteiger charge is 2.14. The first-order valence-corrected chi connectivity index (χ1v) is 8.76. The van der Waals surface area contributed by atoms with E-state index in [4.69, 9.17) is 16.3 Å². The fourth-order valence-electron chi connectivity index (χ4n) is 2.47. The molecule has 0 aromatic heterocycles. The van der Waals surface area contributed by atoms with E-state index in [1.54, 1.807) is 13.2 Å². The molecule has 0 saturated heterocycles. The second kappa shape index (κ2) is 9.82. The maximum atomic E-state index is 12.2. The van der Waals surface area contributed by atoms with Gasteiger partial charge in [-0.15, -0.1) is 0 Å².